The lowest BCUT2D eigenvalue weighted by atomic mass is 9.84. The van der Waals surface area contributed by atoms with Gasteiger partial charge >= 0.3 is 6.18 Å². The van der Waals surface area contributed by atoms with Crippen molar-refractivity contribution in [3.63, 3.8) is 0 Å². The highest BCUT2D eigenvalue weighted by Crippen LogP contribution is 2.38. The highest BCUT2D eigenvalue weighted by Gasteiger charge is 2.38. The van der Waals surface area contributed by atoms with Crippen molar-refractivity contribution in [3.8, 4) is 0 Å². The number of carbonyl (C=O) groups excluding carboxylic acids is 3. The van der Waals surface area contributed by atoms with Gasteiger partial charge in [-0.25, -0.2) is 0 Å². The lowest BCUT2D eigenvalue weighted by Crippen LogP contribution is -2.54. The summed E-state index contributed by atoms with van der Waals surface area (Å²) in [6.07, 6.45) is -1.69. The molecule has 1 atom stereocenters. The molecule has 2 fully saturated rings. The minimum absolute atomic E-state index is 0.0754. The van der Waals surface area contributed by atoms with Crippen molar-refractivity contribution in [2.75, 3.05) is 49.6 Å². The van der Waals surface area contributed by atoms with Crippen LogP contribution in [0.3, 0.4) is 0 Å². The van der Waals surface area contributed by atoms with Crippen LogP contribution in [-0.2, 0) is 20.5 Å². The van der Waals surface area contributed by atoms with Crippen molar-refractivity contribution >= 4 is 52.0 Å². The second kappa shape index (κ2) is 13.3. The molecule has 1 saturated carbocycles. The second-order valence-corrected chi connectivity index (χ2v) is 13.6. The predicted molar refractivity (Wildman–Crippen MR) is 157 cm³/mol. The average Bonchev–Trinajstić information content (AvgIpc) is 3.31. The van der Waals surface area contributed by atoms with E-state index < -0.39 is 41.2 Å². The van der Waals surface area contributed by atoms with E-state index in [1.165, 1.54) is 17.0 Å². The Kier molecular flexibility index (Phi) is 10.2. The first-order valence-electron chi connectivity index (χ1n) is 13.9. The molecule has 230 valence electrons. The first kappa shape index (κ1) is 32.2. The fraction of sp³-hybridized carbons (Fsp3) is 0.552. The summed E-state index contributed by atoms with van der Waals surface area (Å²) in [5.41, 5.74) is -1.63. The van der Waals surface area contributed by atoms with Crippen molar-refractivity contribution in [2.45, 2.75) is 52.3 Å². The van der Waals surface area contributed by atoms with Crippen LogP contribution in [-0.4, -0.2) is 68.1 Å². The Morgan fingerprint density at radius 3 is 2.50 bits per heavy atom. The number of hydrogen-bond acceptors (Lipinski definition) is 6. The summed E-state index contributed by atoms with van der Waals surface area (Å²) < 4.78 is 48.2. The minimum Gasteiger partial charge on any atom is -0.370 e. The summed E-state index contributed by atoms with van der Waals surface area (Å²) in [6.45, 7) is 7.16. The van der Waals surface area contributed by atoms with Gasteiger partial charge in [-0.1, -0.05) is 38.8 Å². The summed E-state index contributed by atoms with van der Waals surface area (Å²) in [5, 5.41) is 5.29. The van der Waals surface area contributed by atoms with Crippen molar-refractivity contribution in [2.24, 2.45) is 11.3 Å². The Labute approximate surface area is 252 Å². The molecule has 2 heterocycles. The number of alkyl halides is 3. The van der Waals surface area contributed by atoms with E-state index in [4.69, 9.17) is 16.3 Å². The van der Waals surface area contributed by atoms with Crippen LogP contribution < -0.4 is 15.5 Å². The van der Waals surface area contributed by atoms with E-state index in [0.29, 0.717) is 28.2 Å². The van der Waals surface area contributed by atoms with E-state index in [0.717, 1.165) is 36.7 Å². The first-order valence-corrected chi connectivity index (χ1v) is 15.1. The van der Waals surface area contributed by atoms with E-state index in [2.05, 4.69) is 10.6 Å². The molecule has 1 aliphatic carbocycles. The van der Waals surface area contributed by atoms with Crippen LogP contribution in [0, 0.1) is 11.3 Å². The van der Waals surface area contributed by atoms with E-state index in [9.17, 15) is 27.6 Å². The molecule has 3 amide bonds. The molecule has 42 heavy (non-hydrogen) atoms. The topological polar surface area (TPSA) is 91.0 Å². The molecule has 13 heteroatoms. The van der Waals surface area contributed by atoms with E-state index in [1.54, 1.807) is 12.1 Å². The van der Waals surface area contributed by atoms with Gasteiger partial charge in [-0.15, -0.1) is 11.3 Å². The lowest BCUT2D eigenvalue weighted by molar-refractivity contribution is -0.137. The number of anilines is 2. The molecular weight excluding hydrogens is 593 g/mol. The minimum atomic E-state index is -4.80. The number of morpholine rings is 1. The fourth-order valence-corrected chi connectivity index (χ4v) is 6.03. The van der Waals surface area contributed by atoms with E-state index in [-0.39, 0.29) is 37.4 Å². The van der Waals surface area contributed by atoms with Crippen LogP contribution in [0.5, 0.6) is 0 Å². The Morgan fingerprint density at radius 1 is 1.19 bits per heavy atom. The third-order valence-corrected chi connectivity index (χ3v) is 8.49. The zero-order chi connectivity index (χ0) is 30.7. The maximum absolute atomic E-state index is 14.2. The van der Waals surface area contributed by atoms with Gasteiger partial charge in [0, 0.05) is 31.9 Å². The van der Waals surface area contributed by atoms with Crippen LogP contribution >= 0.6 is 22.9 Å². The largest absolute Gasteiger partial charge is 0.418 e. The Hall–Kier alpha value is -2.67. The van der Waals surface area contributed by atoms with Crippen molar-refractivity contribution in [1.82, 2.24) is 10.2 Å². The van der Waals surface area contributed by atoms with Gasteiger partial charge in [0.1, 0.15) is 12.6 Å². The van der Waals surface area contributed by atoms with Gasteiger partial charge in [-0.3, -0.25) is 19.3 Å². The standard InChI is InChI=1S/C29H36ClF3N4O4S/c1-28(2,3)17-36(15-18-5-4-6-18)22(14-34-27(40)23-9-10-24(30)42-23)26(39)35-21-8-7-19(13-20(21)29(31,32)33)37-11-12-41-16-25(37)38/h7-10,13,18,22H,4-6,11-12,14-17H2,1-3H3,(H,34,40)(H,35,39)/t22-/m0/s1. The zero-order valence-electron chi connectivity index (χ0n) is 23.9. The van der Waals surface area contributed by atoms with Crippen LogP contribution in [0.2, 0.25) is 4.34 Å². The van der Waals surface area contributed by atoms with Gasteiger partial charge in [-0.2, -0.15) is 13.2 Å². The molecule has 1 aromatic heterocycles. The highest BCUT2D eigenvalue weighted by molar-refractivity contribution is 7.18. The van der Waals surface area contributed by atoms with E-state index >= 15 is 0 Å². The molecule has 8 nitrogen and oxygen atoms in total. The number of amides is 3. The normalized spacial score (nSPS) is 17.2. The third kappa shape index (κ3) is 8.46. The monoisotopic (exact) mass is 628 g/mol. The maximum Gasteiger partial charge on any atom is 0.418 e. The lowest BCUT2D eigenvalue weighted by Gasteiger charge is -2.40. The van der Waals surface area contributed by atoms with Crippen molar-refractivity contribution in [1.29, 1.82) is 0 Å². The van der Waals surface area contributed by atoms with E-state index in [1.807, 2.05) is 25.7 Å². The molecule has 2 aliphatic rings. The number of rotatable bonds is 10. The number of halogens is 4. The van der Waals surface area contributed by atoms with Crippen LogP contribution in [0.25, 0.3) is 0 Å². The van der Waals surface area contributed by atoms with Gasteiger partial charge in [0.05, 0.1) is 27.1 Å². The fourth-order valence-electron chi connectivity index (χ4n) is 5.07. The van der Waals surface area contributed by atoms with Crippen molar-refractivity contribution in [3.05, 3.63) is 45.1 Å². The molecule has 0 bridgehead atoms. The summed E-state index contributed by atoms with van der Waals surface area (Å²) in [7, 11) is 0. The maximum atomic E-state index is 14.2. The molecule has 4 rings (SSSR count). The number of nitrogens with one attached hydrogen (secondary N) is 2. The summed E-state index contributed by atoms with van der Waals surface area (Å²) in [4.78, 5) is 42.5. The molecule has 1 saturated heterocycles. The zero-order valence-corrected chi connectivity index (χ0v) is 25.4. The second-order valence-electron chi connectivity index (χ2n) is 11.9. The van der Waals surface area contributed by atoms with Crippen LogP contribution in [0.4, 0.5) is 24.5 Å². The molecule has 2 aromatic rings. The van der Waals surface area contributed by atoms with Crippen molar-refractivity contribution < 1.29 is 32.3 Å². The quantitative estimate of drug-likeness (QED) is 0.354. The van der Waals surface area contributed by atoms with Crippen LogP contribution in [0.15, 0.2) is 30.3 Å². The molecule has 1 aromatic carbocycles. The van der Waals surface area contributed by atoms with Crippen LogP contribution in [0.1, 0.15) is 55.3 Å². The number of thiophene rings is 1. The summed E-state index contributed by atoms with van der Waals surface area (Å²) in [6, 6.07) is 5.66. The summed E-state index contributed by atoms with van der Waals surface area (Å²) >= 11 is 7.07. The Bertz CT molecular complexity index is 1290. The first-order chi connectivity index (χ1) is 19.7. The van der Waals surface area contributed by atoms with Gasteiger partial charge in [0.2, 0.25) is 5.91 Å². The molecule has 1 aliphatic heterocycles. The number of nitrogens with zero attached hydrogens (tertiary/aromatic N) is 2. The molecule has 0 unspecified atom stereocenters. The number of hydrogen-bond donors (Lipinski definition) is 2. The van der Waals surface area contributed by atoms with Gasteiger partial charge < -0.3 is 20.3 Å². The summed E-state index contributed by atoms with van der Waals surface area (Å²) in [5.74, 6) is -1.16. The third-order valence-electron chi connectivity index (χ3n) is 7.26. The molecular formula is C29H36ClF3N4O4S. The number of benzene rings is 1. The van der Waals surface area contributed by atoms with Gasteiger partial charge in [-0.05, 0) is 54.5 Å². The van der Waals surface area contributed by atoms with Gasteiger partial charge in [0.15, 0.2) is 0 Å². The molecule has 0 spiro atoms. The average molecular weight is 629 g/mol. The number of ether oxygens (including phenoxy) is 1. The Balaban J connectivity index is 1.62. The number of carbonyl (C=O) groups is 3. The highest BCUT2D eigenvalue weighted by atomic mass is 35.5. The molecule has 2 N–H and O–H groups in total. The van der Waals surface area contributed by atoms with Gasteiger partial charge in [0.25, 0.3) is 11.8 Å². The predicted octanol–water partition coefficient (Wildman–Crippen LogP) is 5.67. The SMILES string of the molecule is CC(C)(C)CN(CC1CCC1)[C@@H](CNC(=O)c1ccc(Cl)s1)C(=O)Nc1ccc(N2CCOCC2=O)cc1C(F)(F)F. The molecule has 0 radical (unpaired) electrons. The Morgan fingerprint density at radius 2 is 1.93 bits per heavy atom. The smallest absolute Gasteiger partial charge is 0.370 e.